The molecule has 0 saturated heterocycles. The lowest BCUT2D eigenvalue weighted by Crippen LogP contribution is -2.19. The van der Waals surface area contributed by atoms with E-state index >= 15 is 0 Å². The van der Waals surface area contributed by atoms with Gasteiger partial charge in [0.25, 0.3) is 0 Å². The van der Waals surface area contributed by atoms with Gasteiger partial charge < -0.3 is 10.5 Å². The molecular weight excluding hydrogens is 270 g/mol. The summed E-state index contributed by atoms with van der Waals surface area (Å²) in [6.07, 6.45) is 4.22. The van der Waals surface area contributed by atoms with Crippen molar-refractivity contribution < 1.29 is 14.3 Å². The van der Waals surface area contributed by atoms with Gasteiger partial charge in [-0.05, 0) is 42.2 Å². The summed E-state index contributed by atoms with van der Waals surface area (Å²) in [5, 5.41) is 0. The first-order valence-electron chi connectivity index (χ1n) is 6.55. The van der Waals surface area contributed by atoms with Crippen LogP contribution in [0.5, 0.6) is 5.75 Å². The van der Waals surface area contributed by atoms with Crippen molar-refractivity contribution in [3.8, 4) is 5.75 Å². The molecule has 0 radical (unpaired) electrons. The number of amides is 1. The Labute approximate surface area is 121 Å². The Morgan fingerprint density at radius 1 is 1.29 bits per heavy atom. The summed E-state index contributed by atoms with van der Waals surface area (Å²) >= 11 is 0. The quantitative estimate of drug-likeness (QED) is 0.674. The van der Waals surface area contributed by atoms with Crippen LogP contribution in [0.3, 0.4) is 0 Å². The molecule has 1 unspecified atom stereocenters. The summed E-state index contributed by atoms with van der Waals surface area (Å²) in [4.78, 5) is 30.8. The molecule has 6 nitrogen and oxygen atoms in total. The Hall–Kier alpha value is -2.76. The van der Waals surface area contributed by atoms with Gasteiger partial charge in [-0.2, -0.15) is 0 Å². The van der Waals surface area contributed by atoms with Gasteiger partial charge in [-0.1, -0.05) is 6.07 Å². The van der Waals surface area contributed by atoms with Gasteiger partial charge in [0, 0.05) is 6.20 Å². The number of aryl methyl sites for hydroxylation is 1. The molecule has 1 amide bonds. The molecule has 106 valence electrons. The molecule has 0 fully saturated rings. The normalized spacial score (nSPS) is 16.3. The molecule has 1 aliphatic rings. The molecule has 2 N–H and O–H groups in total. The first kappa shape index (κ1) is 13.2. The summed E-state index contributed by atoms with van der Waals surface area (Å²) in [5.74, 6) is -0.671. The summed E-state index contributed by atoms with van der Waals surface area (Å²) in [6, 6.07) is 6.72. The minimum absolute atomic E-state index is 0.195. The number of fused-ring (bicyclic) bond motifs is 1. The second kappa shape index (κ2) is 5.32. The van der Waals surface area contributed by atoms with Gasteiger partial charge in [0.1, 0.15) is 12.1 Å². The molecule has 1 aromatic heterocycles. The topological polar surface area (TPSA) is 95.2 Å². The van der Waals surface area contributed by atoms with Crippen LogP contribution in [-0.4, -0.2) is 21.8 Å². The summed E-state index contributed by atoms with van der Waals surface area (Å²) in [5.41, 5.74) is 7.48. The summed E-state index contributed by atoms with van der Waals surface area (Å²) in [6.45, 7) is 0. The van der Waals surface area contributed by atoms with Crippen molar-refractivity contribution >= 4 is 11.9 Å². The Morgan fingerprint density at radius 3 is 2.86 bits per heavy atom. The van der Waals surface area contributed by atoms with Crippen LogP contribution in [0.1, 0.15) is 34.0 Å². The highest BCUT2D eigenvalue weighted by Crippen LogP contribution is 2.35. The maximum Gasteiger partial charge on any atom is 0.362 e. The molecule has 21 heavy (non-hydrogen) atoms. The number of hydrogen-bond acceptors (Lipinski definition) is 5. The first-order chi connectivity index (χ1) is 10.1. The lowest BCUT2D eigenvalue weighted by atomic mass is 10.0. The van der Waals surface area contributed by atoms with E-state index in [9.17, 15) is 9.59 Å². The fourth-order valence-corrected chi connectivity index (χ4v) is 2.52. The fourth-order valence-electron chi connectivity index (χ4n) is 2.52. The van der Waals surface area contributed by atoms with E-state index in [1.165, 1.54) is 18.6 Å². The number of aromatic nitrogens is 2. The zero-order chi connectivity index (χ0) is 14.8. The first-order valence-corrected chi connectivity index (χ1v) is 6.55. The molecule has 6 heteroatoms. The summed E-state index contributed by atoms with van der Waals surface area (Å²) in [7, 11) is 0. The highest BCUT2D eigenvalue weighted by atomic mass is 16.5. The van der Waals surface area contributed by atoms with Crippen LogP contribution >= 0.6 is 0 Å². The van der Waals surface area contributed by atoms with Crippen molar-refractivity contribution in [1.29, 1.82) is 0 Å². The molecule has 1 aromatic carbocycles. The van der Waals surface area contributed by atoms with E-state index in [2.05, 4.69) is 9.97 Å². The lowest BCUT2D eigenvalue weighted by Gasteiger charge is -2.08. The molecule has 2 aromatic rings. The zero-order valence-corrected chi connectivity index (χ0v) is 11.2. The number of hydrogen-bond donors (Lipinski definition) is 1. The molecule has 1 atom stereocenters. The van der Waals surface area contributed by atoms with Crippen molar-refractivity contribution in [3.05, 3.63) is 53.6 Å². The second-order valence-corrected chi connectivity index (χ2v) is 4.84. The van der Waals surface area contributed by atoms with Crippen molar-refractivity contribution in [2.45, 2.75) is 18.8 Å². The predicted molar refractivity (Wildman–Crippen MR) is 73.7 cm³/mol. The smallest absolute Gasteiger partial charge is 0.362 e. The maximum atomic E-state index is 11.9. The monoisotopic (exact) mass is 283 g/mol. The Balaban J connectivity index is 1.80. The van der Waals surface area contributed by atoms with Crippen LogP contribution in [0.2, 0.25) is 0 Å². The standard InChI is InChI=1S/C15H13N3O3/c16-14(19)12-3-1-9-7-10(2-4-11(9)12)21-15(20)13-5-6-17-8-18-13/h2,4-8,12H,1,3H2,(H2,16,19). The van der Waals surface area contributed by atoms with Crippen LogP contribution in [-0.2, 0) is 11.2 Å². The average Bonchev–Trinajstić information content (AvgIpc) is 2.91. The van der Waals surface area contributed by atoms with Gasteiger partial charge >= 0.3 is 5.97 Å². The molecule has 0 spiro atoms. The van der Waals surface area contributed by atoms with E-state index in [1.54, 1.807) is 18.2 Å². The minimum atomic E-state index is -0.540. The zero-order valence-electron chi connectivity index (χ0n) is 11.2. The third-order valence-corrected chi connectivity index (χ3v) is 3.54. The number of ether oxygens (including phenoxy) is 1. The van der Waals surface area contributed by atoms with Gasteiger partial charge in [-0.25, -0.2) is 14.8 Å². The van der Waals surface area contributed by atoms with Crippen molar-refractivity contribution in [1.82, 2.24) is 9.97 Å². The van der Waals surface area contributed by atoms with E-state index in [0.29, 0.717) is 12.2 Å². The number of primary amides is 1. The van der Waals surface area contributed by atoms with Gasteiger partial charge in [-0.15, -0.1) is 0 Å². The number of rotatable bonds is 3. The second-order valence-electron chi connectivity index (χ2n) is 4.84. The van der Waals surface area contributed by atoms with Crippen LogP contribution in [0.4, 0.5) is 0 Å². The Bertz CT molecular complexity index is 701. The number of nitrogens with zero attached hydrogens (tertiary/aromatic N) is 2. The summed E-state index contributed by atoms with van der Waals surface area (Å²) < 4.78 is 5.28. The predicted octanol–water partition coefficient (Wildman–Crippen LogP) is 1.21. The number of esters is 1. The molecule has 0 aliphatic heterocycles. The lowest BCUT2D eigenvalue weighted by molar-refractivity contribution is -0.119. The molecule has 0 saturated carbocycles. The SMILES string of the molecule is NC(=O)C1CCc2cc(OC(=O)c3ccncn3)ccc21. The van der Waals surface area contributed by atoms with Gasteiger partial charge in [0.05, 0.1) is 5.92 Å². The largest absolute Gasteiger partial charge is 0.422 e. The molecule has 0 bridgehead atoms. The third kappa shape index (κ3) is 2.60. The van der Waals surface area contributed by atoms with E-state index in [0.717, 1.165) is 17.5 Å². The molecule has 3 rings (SSSR count). The van der Waals surface area contributed by atoms with Crippen molar-refractivity contribution in [3.63, 3.8) is 0 Å². The van der Waals surface area contributed by atoms with Crippen LogP contribution in [0.15, 0.2) is 36.8 Å². The highest BCUT2D eigenvalue weighted by Gasteiger charge is 2.27. The van der Waals surface area contributed by atoms with Crippen LogP contribution in [0.25, 0.3) is 0 Å². The third-order valence-electron chi connectivity index (χ3n) is 3.54. The average molecular weight is 283 g/mol. The number of carbonyl (C=O) groups is 2. The van der Waals surface area contributed by atoms with E-state index in [-0.39, 0.29) is 17.5 Å². The molecular formula is C15H13N3O3. The Morgan fingerprint density at radius 2 is 2.14 bits per heavy atom. The van der Waals surface area contributed by atoms with E-state index < -0.39 is 5.97 Å². The Kier molecular flexibility index (Phi) is 3.35. The molecule has 1 heterocycles. The number of benzene rings is 1. The van der Waals surface area contributed by atoms with Gasteiger partial charge in [-0.3, -0.25) is 4.79 Å². The van der Waals surface area contributed by atoms with Crippen molar-refractivity contribution in [2.75, 3.05) is 0 Å². The number of nitrogens with two attached hydrogens (primary N) is 1. The van der Waals surface area contributed by atoms with Crippen molar-refractivity contribution in [2.24, 2.45) is 5.73 Å². The molecule has 1 aliphatic carbocycles. The highest BCUT2D eigenvalue weighted by molar-refractivity contribution is 5.89. The van der Waals surface area contributed by atoms with Gasteiger partial charge in [0.15, 0.2) is 5.69 Å². The van der Waals surface area contributed by atoms with Crippen LogP contribution < -0.4 is 10.5 Å². The fraction of sp³-hybridized carbons (Fsp3) is 0.200. The van der Waals surface area contributed by atoms with E-state index in [4.69, 9.17) is 10.5 Å². The van der Waals surface area contributed by atoms with Gasteiger partial charge in [0.2, 0.25) is 5.91 Å². The number of carbonyl (C=O) groups excluding carboxylic acids is 2. The van der Waals surface area contributed by atoms with Crippen LogP contribution in [0, 0.1) is 0 Å². The van der Waals surface area contributed by atoms with E-state index in [1.807, 2.05) is 0 Å². The maximum absolute atomic E-state index is 11.9. The minimum Gasteiger partial charge on any atom is -0.422 e.